The number of carbonyl (C=O) groups excluding carboxylic acids is 1. The van der Waals surface area contributed by atoms with Gasteiger partial charge in [0.1, 0.15) is 5.54 Å². The Balaban J connectivity index is 1.21. The molecule has 0 spiro atoms. The highest BCUT2D eigenvalue weighted by Crippen LogP contribution is 2.45. The summed E-state index contributed by atoms with van der Waals surface area (Å²) in [6.45, 7) is 2.51. The SMILES string of the molecule is Cc1c(-c2ccc(C#N)cc2)ccc2c1N(Cc1cccc3ccccc13)C(=O)/C2=C\c1cnn(C(c2ccccc2)(c2ccccc2)c2ccccc2)c1. The number of aromatic nitrogens is 2. The second kappa shape index (κ2) is 13.9. The van der Waals surface area contributed by atoms with Gasteiger partial charge in [0.05, 0.1) is 30.1 Å². The van der Waals surface area contributed by atoms with Gasteiger partial charge in [0, 0.05) is 22.9 Å². The number of amides is 1. The van der Waals surface area contributed by atoms with E-state index in [0.29, 0.717) is 17.7 Å². The van der Waals surface area contributed by atoms with Gasteiger partial charge in [-0.05, 0) is 74.8 Å². The minimum Gasteiger partial charge on any atom is -0.303 e. The Hall–Kier alpha value is -7.29. The molecule has 1 amide bonds. The summed E-state index contributed by atoms with van der Waals surface area (Å²) in [7, 11) is 0. The number of anilines is 1. The summed E-state index contributed by atoms with van der Waals surface area (Å²) in [4.78, 5) is 16.8. The predicted octanol–water partition coefficient (Wildman–Crippen LogP) is 10.8. The molecule has 0 unspecified atom stereocenters. The van der Waals surface area contributed by atoms with Crippen molar-refractivity contribution in [1.29, 1.82) is 5.26 Å². The maximum Gasteiger partial charge on any atom is 0.259 e. The Kier molecular flexibility index (Phi) is 8.49. The third-order valence-corrected chi connectivity index (χ3v) is 10.8. The van der Waals surface area contributed by atoms with Crippen LogP contribution in [0.3, 0.4) is 0 Å². The van der Waals surface area contributed by atoms with E-state index in [4.69, 9.17) is 5.10 Å². The molecule has 2 heterocycles. The van der Waals surface area contributed by atoms with Crippen LogP contribution in [0.4, 0.5) is 5.69 Å². The molecule has 262 valence electrons. The molecule has 9 rings (SSSR count). The summed E-state index contributed by atoms with van der Waals surface area (Å²) in [5, 5.41) is 16.8. The van der Waals surface area contributed by atoms with Crippen molar-refractivity contribution in [1.82, 2.24) is 9.78 Å². The lowest BCUT2D eigenvalue weighted by Crippen LogP contribution is -2.38. The van der Waals surface area contributed by atoms with E-state index in [0.717, 1.165) is 66.5 Å². The first kappa shape index (κ1) is 33.5. The summed E-state index contributed by atoms with van der Waals surface area (Å²) >= 11 is 0. The fourth-order valence-corrected chi connectivity index (χ4v) is 8.25. The summed E-state index contributed by atoms with van der Waals surface area (Å²) in [5.74, 6) is -0.0591. The normalized spacial score (nSPS) is 13.3. The van der Waals surface area contributed by atoms with Crippen LogP contribution in [0.2, 0.25) is 0 Å². The van der Waals surface area contributed by atoms with Crippen LogP contribution in [0.5, 0.6) is 0 Å². The van der Waals surface area contributed by atoms with Crippen molar-refractivity contribution in [2.75, 3.05) is 4.90 Å². The van der Waals surface area contributed by atoms with Gasteiger partial charge in [-0.2, -0.15) is 10.4 Å². The summed E-state index contributed by atoms with van der Waals surface area (Å²) < 4.78 is 2.03. The van der Waals surface area contributed by atoms with E-state index >= 15 is 0 Å². The number of rotatable bonds is 8. The molecule has 0 atom stereocenters. The lowest BCUT2D eigenvalue weighted by molar-refractivity contribution is -0.113. The average Bonchev–Trinajstić information content (AvgIpc) is 3.82. The largest absolute Gasteiger partial charge is 0.303 e. The second-order valence-electron chi connectivity index (χ2n) is 13.9. The van der Waals surface area contributed by atoms with E-state index in [9.17, 15) is 10.1 Å². The highest BCUT2D eigenvalue weighted by Gasteiger charge is 2.40. The Morgan fingerprint density at radius 2 is 1.25 bits per heavy atom. The fraction of sp³-hybridized carbons (Fsp3) is 0.0600. The Morgan fingerprint density at radius 3 is 1.89 bits per heavy atom. The third kappa shape index (κ3) is 5.72. The molecule has 0 radical (unpaired) electrons. The predicted molar refractivity (Wildman–Crippen MR) is 221 cm³/mol. The zero-order chi connectivity index (χ0) is 37.4. The van der Waals surface area contributed by atoms with E-state index in [1.807, 2.05) is 76.5 Å². The standard InChI is InChI=1S/C50H36N4O/c1-35-44(39-26-24-36(31-51)25-27-39)28-29-46-47(49(55)53(48(35)46)34-40-16-13-15-38-14-11-12-23-45(38)40)30-37-32-52-54(33-37)50(41-17-5-2-6-18-41,42-19-7-3-8-20-42)43-21-9-4-10-22-43/h2-30,32-33H,34H2,1H3/b47-30-. The third-order valence-electron chi connectivity index (χ3n) is 10.8. The molecule has 0 bridgehead atoms. The minimum absolute atomic E-state index is 0.0591. The molecule has 0 aliphatic carbocycles. The Morgan fingerprint density at radius 1 is 0.673 bits per heavy atom. The number of nitriles is 1. The molecule has 8 aromatic rings. The molecule has 1 aromatic heterocycles. The zero-order valence-corrected chi connectivity index (χ0v) is 30.3. The molecule has 1 aliphatic heterocycles. The highest BCUT2D eigenvalue weighted by molar-refractivity contribution is 6.36. The van der Waals surface area contributed by atoms with Crippen molar-refractivity contribution >= 4 is 34.0 Å². The van der Waals surface area contributed by atoms with Crippen molar-refractivity contribution in [3.05, 3.63) is 227 Å². The van der Waals surface area contributed by atoms with Gasteiger partial charge in [0.15, 0.2) is 0 Å². The molecule has 0 saturated heterocycles. The number of hydrogen-bond acceptors (Lipinski definition) is 3. The van der Waals surface area contributed by atoms with E-state index < -0.39 is 5.54 Å². The van der Waals surface area contributed by atoms with Crippen LogP contribution < -0.4 is 4.90 Å². The monoisotopic (exact) mass is 708 g/mol. The molecule has 1 aliphatic rings. The minimum atomic E-state index is -0.773. The first-order chi connectivity index (χ1) is 27.1. The van der Waals surface area contributed by atoms with E-state index in [1.54, 1.807) is 0 Å². The van der Waals surface area contributed by atoms with E-state index in [2.05, 4.69) is 134 Å². The van der Waals surface area contributed by atoms with Crippen LogP contribution in [0.15, 0.2) is 182 Å². The van der Waals surface area contributed by atoms with E-state index in [1.165, 1.54) is 0 Å². The molecule has 5 nitrogen and oxygen atoms in total. The van der Waals surface area contributed by atoms with Crippen LogP contribution in [0.25, 0.3) is 33.5 Å². The van der Waals surface area contributed by atoms with Gasteiger partial charge in [-0.3, -0.25) is 9.48 Å². The topological polar surface area (TPSA) is 61.9 Å². The van der Waals surface area contributed by atoms with Gasteiger partial charge in [0.2, 0.25) is 0 Å². The zero-order valence-electron chi connectivity index (χ0n) is 30.3. The van der Waals surface area contributed by atoms with Crippen molar-refractivity contribution in [2.45, 2.75) is 19.0 Å². The molecule has 7 aromatic carbocycles. The van der Waals surface area contributed by atoms with Gasteiger partial charge in [0.25, 0.3) is 5.91 Å². The highest BCUT2D eigenvalue weighted by atomic mass is 16.2. The van der Waals surface area contributed by atoms with Crippen LogP contribution >= 0.6 is 0 Å². The van der Waals surface area contributed by atoms with Crippen LogP contribution in [0, 0.1) is 18.3 Å². The molecule has 0 N–H and O–H groups in total. The smallest absolute Gasteiger partial charge is 0.259 e. The second-order valence-corrected chi connectivity index (χ2v) is 13.9. The van der Waals surface area contributed by atoms with Crippen LogP contribution in [-0.2, 0) is 16.9 Å². The first-order valence-electron chi connectivity index (χ1n) is 18.4. The number of fused-ring (bicyclic) bond motifs is 2. The fourth-order valence-electron chi connectivity index (χ4n) is 8.25. The number of nitrogens with zero attached hydrogens (tertiary/aromatic N) is 4. The maximum atomic E-state index is 14.9. The van der Waals surface area contributed by atoms with Gasteiger partial charge in [-0.25, -0.2) is 0 Å². The average molecular weight is 709 g/mol. The van der Waals surface area contributed by atoms with Crippen molar-refractivity contribution in [3.63, 3.8) is 0 Å². The number of carbonyl (C=O) groups is 1. The lowest BCUT2D eigenvalue weighted by Gasteiger charge is -2.36. The number of hydrogen-bond donors (Lipinski definition) is 0. The van der Waals surface area contributed by atoms with Crippen molar-refractivity contribution in [2.24, 2.45) is 0 Å². The Bertz CT molecular complexity index is 2660. The van der Waals surface area contributed by atoms with E-state index in [-0.39, 0.29) is 5.91 Å². The molecule has 55 heavy (non-hydrogen) atoms. The molecule has 0 fully saturated rings. The number of benzene rings is 7. The van der Waals surface area contributed by atoms with Gasteiger partial charge in [-0.1, -0.05) is 158 Å². The Labute approximate surface area is 320 Å². The quantitative estimate of drug-likeness (QED) is 0.117. The molecule has 5 heteroatoms. The first-order valence-corrected chi connectivity index (χ1v) is 18.4. The molecule has 0 saturated carbocycles. The maximum absolute atomic E-state index is 14.9. The van der Waals surface area contributed by atoms with Crippen molar-refractivity contribution < 1.29 is 4.79 Å². The van der Waals surface area contributed by atoms with Crippen molar-refractivity contribution in [3.8, 4) is 17.2 Å². The lowest BCUT2D eigenvalue weighted by atomic mass is 9.77. The van der Waals surface area contributed by atoms with Crippen LogP contribution in [-0.4, -0.2) is 15.7 Å². The molecular weight excluding hydrogens is 673 g/mol. The summed E-state index contributed by atoms with van der Waals surface area (Å²) in [5.41, 5.74) is 10.4. The summed E-state index contributed by atoms with van der Waals surface area (Å²) in [6, 6.07) is 60.0. The van der Waals surface area contributed by atoms with Gasteiger partial charge >= 0.3 is 0 Å². The van der Waals surface area contributed by atoms with Crippen LogP contribution in [0.1, 0.15) is 44.5 Å². The van der Waals surface area contributed by atoms with Gasteiger partial charge < -0.3 is 4.90 Å². The van der Waals surface area contributed by atoms with Gasteiger partial charge in [-0.15, -0.1) is 0 Å². The summed E-state index contributed by atoms with van der Waals surface area (Å²) in [6.07, 6.45) is 5.90. The molecular formula is C50H36N4O.